The fourth-order valence-electron chi connectivity index (χ4n) is 3.28. The average Bonchev–Trinajstić information content (AvgIpc) is 3.45. The van der Waals surface area contributed by atoms with E-state index in [1.165, 1.54) is 25.3 Å². The molecule has 1 aliphatic rings. The van der Waals surface area contributed by atoms with Gasteiger partial charge in [0, 0.05) is 10.2 Å². The second kappa shape index (κ2) is 11.4. The van der Waals surface area contributed by atoms with Gasteiger partial charge in [0.1, 0.15) is 18.9 Å². The summed E-state index contributed by atoms with van der Waals surface area (Å²) in [6.45, 7) is -0.436. The minimum Gasteiger partial charge on any atom is -0.493 e. The molecule has 12 heteroatoms. The number of carbonyl (C=O) groups excluding carboxylic acids is 3. The second-order valence-electron chi connectivity index (χ2n) is 7.59. The van der Waals surface area contributed by atoms with Crippen molar-refractivity contribution in [1.29, 1.82) is 0 Å². The Morgan fingerprint density at radius 3 is 2.54 bits per heavy atom. The highest BCUT2D eigenvalue weighted by atomic mass is 79.9. The number of rotatable bonds is 9. The molecule has 1 aromatic heterocycles. The molecule has 1 saturated heterocycles. The predicted molar refractivity (Wildman–Crippen MR) is 138 cm³/mol. The normalized spacial score (nSPS) is 14.2. The lowest BCUT2D eigenvalue weighted by atomic mass is 10.2. The Hall–Kier alpha value is -4.03. The molecular formula is C25H19BrN2O8S. The van der Waals surface area contributed by atoms with E-state index in [2.05, 4.69) is 21.2 Å². The van der Waals surface area contributed by atoms with Crippen LogP contribution in [0.25, 0.3) is 6.08 Å². The number of nitrogens with one attached hydrogen (secondary N) is 1. The maximum absolute atomic E-state index is 12.8. The van der Waals surface area contributed by atoms with Crippen molar-refractivity contribution in [3.8, 4) is 11.5 Å². The first-order valence-electron chi connectivity index (χ1n) is 10.7. The molecule has 0 radical (unpaired) electrons. The van der Waals surface area contributed by atoms with Gasteiger partial charge in [-0.05, 0) is 71.9 Å². The van der Waals surface area contributed by atoms with Crippen LogP contribution in [-0.2, 0) is 16.2 Å². The molecule has 3 aromatic rings. The molecule has 2 aromatic carbocycles. The van der Waals surface area contributed by atoms with Crippen LogP contribution in [0.3, 0.4) is 0 Å². The number of imide groups is 1. The lowest BCUT2D eigenvalue weighted by Gasteiger charge is -2.12. The number of furan rings is 1. The highest BCUT2D eigenvalue weighted by Crippen LogP contribution is 2.35. The molecule has 0 aliphatic carbocycles. The number of methoxy groups -OCH3 is 1. The van der Waals surface area contributed by atoms with Crippen LogP contribution in [0.1, 0.15) is 21.9 Å². The molecule has 0 atom stereocenters. The molecule has 1 fully saturated rings. The Morgan fingerprint density at radius 1 is 1.11 bits per heavy atom. The zero-order chi connectivity index (χ0) is 26.5. The van der Waals surface area contributed by atoms with Crippen LogP contribution in [-0.4, -0.2) is 46.7 Å². The van der Waals surface area contributed by atoms with E-state index < -0.39 is 29.6 Å². The topological polar surface area (TPSA) is 135 Å². The van der Waals surface area contributed by atoms with Crippen LogP contribution >= 0.6 is 27.7 Å². The van der Waals surface area contributed by atoms with Gasteiger partial charge in [-0.15, -0.1) is 0 Å². The van der Waals surface area contributed by atoms with E-state index in [1.54, 1.807) is 42.5 Å². The average molecular weight is 587 g/mol. The van der Waals surface area contributed by atoms with Gasteiger partial charge in [-0.3, -0.25) is 19.3 Å². The van der Waals surface area contributed by atoms with Crippen LogP contribution < -0.4 is 14.8 Å². The Balaban J connectivity index is 1.41. The van der Waals surface area contributed by atoms with Gasteiger partial charge in [0.2, 0.25) is 11.7 Å². The largest absolute Gasteiger partial charge is 0.493 e. The summed E-state index contributed by atoms with van der Waals surface area (Å²) in [7, 11) is 1.44. The van der Waals surface area contributed by atoms with Gasteiger partial charge >= 0.3 is 5.97 Å². The molecule has 2 N–H and O–H groups in total. The number of hydrogen-bond donors (Lipinski definition) is 2. The Labute approximate surface area is 223 Å². The molecule has 10 nitrogen and oxygen atoms in total. The van der Waals surface area contributed by atoms with E-state index in [0.29, 0.717) is 28.5 Å². The van der Waals surface area contributed by atoms with Crippen LogP contribution in [0.5, 0.6) is 11.5 Å². The zero-order valence-electron chi connectivity index (χ0n) is 19.2. The first kappa shape index (κ1) is 26.0. The molecule has 0 spiro atoms. The lowest BCUT2D eigenvalue weighted by molar-refractivity contribution is -0.127. The Bertz CT molecular complexity index is 1400. The number of carboxylic acids is 1. The zero-order valence-corrected chi connectivity index (χ0v) is 21.6. The van der Waals surface area contributed by atoms with Gasteiger partial charge in [0.25, 0.3) is 11.1 Å². The third-order valence-corrected chi connectivity index (χ3v) is 6.47. The third-order valence-electron chi connectivity index (χ3n) is 5.03. The number of thioether (sulfide) groups is 1. The summed E-state index contributed by atoms with van der Waals surface area (Å²) >= 11 is 4.05. The number of aromatic carboxylic acids is 1. The van der Waals surface area contributed by atoms with Crippen LogP contribution in [0.15, 0.2) is 68.4 Å². The number of carbonyl (C=O) groups is 4. The molecule has 4 rings (SSSR count). The monoisotopic (exact) mass is 586 g/mol. The van der Waals surface area contributed by atoms with Crippen molar-refractivity contribution < 1.29 is 38.2 Å². The minimum absolute atomic E-state index is 0.0236. The van der Waals surface area contributed by atoms with Gasteiger partial charge in [0.05, 0.1) is 12.0 Å². The standard InChI is InChI=1S/C25H19BrN2O8S/c1-34-20-10-14(2-8-18(20)35-13-17-7-9-19(36-17)24(31)32)11-21-23(30)28(25(33)37-21)12-22(29)27-16-5-3-15(26)4-6-16/h2-11H,12-13H2,1H3,(H,27,29)(H,31,32)/b21-11-. The van der Waals surface area contributed by atoms with Crippen LogP contribution in [0.4, 0.5) is 10.5 Å². The molecule has 1 aliphatic heterocycles. The predicted octanol–water partition coefficient (Wildman–Crippen LogP) is 5.00. The highest BCUT2D eigenvalue weighted by Gasteiger charge is 2.36. The summed E-state index contributed by atoms with van der Waals surface area (Å²) in [6.07, 6.45) is 1.52. The van der Waals surface area contributed by atoms with Gasteiger partial charge < -0.3 is 24.3 Å². The fraction of sp³-hybridized carbons (Fsp3) is 0.120. The SMILES string of the molecule is COc1cc(/C=C2\SC(=O)N(CC(=O)Nc3ccc(Br)cc3)C2=O)ccc1OCc1ccc(C(=O)O)o1. The number of hydrogen-bond acceptors (Lipinski definition) is 8. The third kappa shape index (κ3) is 6.40. The van der Waals surface area contributed by atoms with Crippen molar-refractivity contribution in [3.63, 3.8) is 0 Å². The van der Waals surface area contributed by atoms with E-state index in [0.717, 1.165) is 21.1 Å². The number of carboxylic acid groups (broad SMARTS) is 1. The van der Waals surface area contributed by atoms with Crippen molar-refractivity contribution >= 4 is 62.5 Å². The van der Waals surface area contributed by atoms with Crippen molar-refractivity contribution in [1.82, 2.24) is 4.90 Å². The van der Waals surface area contributed by atoms with Crippen molar-refractivity contribution in [2.45, 2.75) is 6.61 Å². The fourth-order valence-corrected chi connectivity index (χ4v) is 4.38. The van der Waals surface area contributed by atoms with Gasteiger partial charge in [-0.25, -0.2) is 4.79 Å². The highest BCUT2D eigenvalue weighted by molar-refractivity contribution is 9.10. The molecule has 0 saturated carbocycles. The Morgan fingerprint density at radius 2 is 1.86 bits per heavy atom. The Kier molecular flexibility index (Phi) is 7.99. The van der Waals surface area contributed by atoms with Crippen LogP contribution in [0.2, 0.25) is 0 Å². The van der Waals surface area contributed by atoms with E-state index in [1.807, 2.05) is 0 Å². The maximum Gasteiger partial charge on any atom is 0.371 e. The number of benzene rings is 2. The van der Waals surface area contributed by atoms with E-state index >= 15 is 0 Å². The van der Waals surface area contributed by atoms with Crippen molar-refractivity contribution in [2.75, 3.05) is 19.0 Å². The molecule has 2 heterocycles. The molecule has 0 unspecified atom stereocenters. The van der Waals surface area contributed by atoms with E-state index in [-0.39, 0.29) is 17.3 Å². The molecule has 0 bridgehead atoms. The number of anilines is 1. The lowest BCUT2D eigenvalue weighted by Crippen LogP contribution is -2.36. The molecular weight excluding hydrogens is 568 g/mol. The minimum atomic E-state index is -1.18. The van der Waals surface area contributed by atoms with E-state index in [9.17, 15) is 19.2 Å². The number of halogens is 1. The summed E-state index contributed by atoms with van der Waals surface area (Å²) in [5.74, 6) is -1.41. The summed E-state index contributed by atoms with van der Waals surface area (Å²) in [5.41, 5.74) is 1.11. The molecule has 3 amide bonds. The number of amides is 3. The van der Waals surface area contributed by atoms with E-state index in [4.69, 9.17) is 19.0 Å². The van der Waals surface area contributed by atoms with Gasteiger partial charge in [-0.2, -0.15) is 0 Å². The van der Waals surface area contributed by atoms with Gasteiger partial charge in [-0.1, -0.05) is 22.0 Å². The molecule has 190 valence electrons. The summed E-state index contributed by atoms with van der Waals surface area (Å²) in [6, 6.07) is 14.6. The summed E-state index contributed by atoms with van der Waals surface area (Å²) < 4.78 is 17.1. The maximum atomic E-state index is 12.8. The number of ether oxygens (including phenoxy) is 2. The smallest absolute Gasteiger partial charge is 0.371 e. The first-order chi connectivity index (χ1) is 17.7. The number of nitrogens with zero attached hydrogens (tertiary/aromatic N) is 1. The summed E-state index contributed by atoms with van der Waals surface area (Å²) in [5, 5.41) is 11.0. The molecule has 37 heavy (non-hydrogen) atoms. The van der Waals surface area contributed by atoms with Crippen molar-refractivity contribution in [2.24, 2.45) is 0 Å². The summed E-state index contributed by atoms with van der Waals surface area (Å²) in [4.78, 5) is 49.6. The first-order valence-corrected chi connectivity index (χ1v) is 12.3. The van der Waals surface area contributed by atoms with Gasteiger partial charge in [0.15, 0.2) is 11.5 Å². The quantitative estimate of drug-likeness (QED) is 0.332. The van der Waals surface area contributed by atoms with Crippen molar-refractivity contribution in [3.05, 3.63) is 81.1 Å². The van der Waals surface area contributed by atoms with Crippen LogP contribution in [0, 0.1) is 0 Å². The second-order valence-corrected chi connectivity index (χ2v) is 9.50.